The molecule has 2 atom stereocenters. The molecule has 0 aliphatic rings. The van der Waals surface area contributed by atoms with Gasteiger partial charge in [-0.2, -0.15) is 0 Å². The van der Waals surface area contributed by atoms with E-state index in [9.17, 15) is 19.8 Å². The van der Waals surface area contributed by atoms with Crippen LogP contribution >= 0.6 is 0 Å². The van der Waals surface area contributed by atoms with Crippen LogP contribution in [0.2, 0.25) is 0 Å². The normalized spacial score (nSPS) is 12.7. The van der Waals surface area contributed by atoms with Crippen LogP contribution in [-0.4, -0.2) is 47.4 Å². The lowest BCUT2D eigenvalue weighted by atomic mass is 10.0. The van der Waals surface area contributed by atoms with Crippen LogP contribution in [0.5, 0.6) is 0 Å². The van der Waals surface area contributed by atoms with Gasteiger partial charge in [0.2, 0.25) is 5.91 Å². The van der Waals surface area contributed by atoms with Crippen molar-refractivity contribution in [2.75, 3.05) is 13.2 Å². The van der Waals surface area contributed by atoms with Crippen LogP contribution in [0.3, 0.4) is 0 Å². The van der Waals surface area contributed by atoms with E-state index < -0.39 is 12.1 Å². The number of nitrogens with one attached hydrogen (secondary N) is 1. The molecule has 0 aromatic rings. The number of carbonyl (C=O) groups excluding carboxylic acids is 2. The summed E-state index contributed by atoms with van der Waals surface area (Å²) in [7, 11) is 0. The second-order valence-corrected chi connectivity index (χ2v) is 25.6. The Bertz CT molecular complexity index is 1330. The van der Waals surface area contributed by atoms with Gasteiger partial charge in [-0.25, -0.2) is 0 Å². The van der Waals surface area contributed by atoms with Crippen LogP contribution in [0.25, 0.3) is 0 Å². The van der Waals surface area contributed by atoms with E-state index in [4.69, 9.17) is 4.74 Å². The van der Waals surface area contributed by atoms with Crippen molar-refractivity contribution >= 4 is 11.9 Å². The van der Waals surface area contributed by atoms with Crippen LogP contribution in [0.1, 0.15) is 412 Å². The maximum Gasteiger partial charge on any atom is 0.305 e. The highest BCUT2D eigenvalue weighted by atomic mass is 16.5. The fourth-order valence-corrected chi connectivity index (χ4v) is 11.7. The Balaban J connectivity index is 3.36. The molecule has 6 heteroatoms. The number of amides is 1. The summed E-state index contributed by atoms with van der Waals surface area (Å²) >= 11 is 0. The zero-order valence-electron chi connectivity index (χ0n) is 55.5. The Morgan fingerprint density at radius 3 is 0.976 bits per heavy atom. The summed E-state index contributed by atoms with van der Waals surface area (Å²) < 4.78 is 5.48. The standard InChI is InChI=1S/C76H145NO5/c1-3-5-7-9-11-13-15-17-18-19-20-32-35-38-41-45-48-52-56-60-64-68-74(79)73(72-78)77-75(80)69-65-61-57-53-49-46-42-39-36-33-30-28-26-24-22-21-23-25-27-29-31-34-37-40-43-47-51-55-59-63-67-71-82-76(81)70-66-62-58-54-50-44-16-14-12-10-8-6-4-2/h8,10,14,16,64,68,73-74,78-79H,3-7,9,11-13,15,17-63,65-67,69-72H2,1-2H3,(H,77,80)/b10-8-,16-14-,68-64+. The summed E-state index contributed by atoms with van der Waals surface area (Å²) in [6.07, 6.45) is 92.5. The van der Waals surface area contributed by atoms with E-state index in [1.807, 2.05) is 6.08 Å². The first kappa shape index (κ1) is 80.1. The van der Waals surface area contributed by atoms with Gasteiger partial charge in [0, 0.05) is 12.8 Å². The van der Waals surface area contributed by atoms with Crippen molar-refractivity contribution in [3.63, 3.8) is 0 Å². The number of aliphatic hydroxyl groups is 2. The van der Waals surface area contributed by atoms with Crippen molar-refractivity contribution in [3.05, 3.63) is 36.5 Å². The van der Waals surface area contributed by atoms with Gasteiger partial charge in [-0.3, -0.25) is 9.59 Å². The number of esters is 1. The Morgan fingerprint density at radius 1 is 0.341 bits per heavy atom. The minimum atomic E-state index is -0.843. The molecule has 82 heavy (non-hydrogen) atoms. The molecule has 0 rings (SSSR count). The van der Waals surface area contributed by atoms with Crippen molar-refractivity contribution in [3.8, 4) is 0 Å². The quantitative estimate of drug-likeness (QED) is 0.0320. The highest BCUT2D eigenvalue weighted by Gasteiger charge is 2.18. The number of aliphatic hydroxyl groups excluding tert-OH is 2. The predicted molar refractivity (Wildman–Crippen MR) is 361 cm³/mol. The van der Waals surface area contributed by atoms with Gasteiger partial charge in [0.1, 0.15) is 0 Å². The molecule has 0 saturated carbocycles. The summed E-state index contributed by atoms with van der Waals surface area (Å²) in [5, 5.41) is 23.3. The Hall–Kier alpha value is -1.92. The van der Waals surface area contributed by atoms with E-state index in [-0.39, 0.29) is 18.5 Å². The molecule has 1 amide bonds. The van der Waals surface area contributed by atoms with Crippen molar-refractivity contribution < 1.29 is 24.5 Å². The Morgan fingerprint density at radius 2 is 0.634 bits per heavy atom. The summed E-state index contributed by atoms with van der Waals surface area (Å²) in [5.41, 5.74) is 0. The molecule has 0 aromatic heterocycles. The highest BCUT2D eigenvalue weighted by molar-refractivity contribution is 5.76. The van der Waals surface area contributed by atoms with Crippen molar-refractivity contribution in [1.82, 2.24) is 5.32 Å². The highest BCUT2D eigenvalue weighted by Crippen LogP contribution is 2.19. The maximum absolute atomic E-state index is 12.5. The maximum atomic E-state index is 12.5. The lowest BCUT2D eigenvalue weighted by Crippen LogP contribution is -2.45. The molecule has 0 fully saturated rings. The zero-order valence-corrected chi connectivity index (χ0v) is 55.5. The van der Waals surface area contributed by atoms with Gasteiger partial charge in [0.15, 0.2) is 0 Å². The molecule has 484 valence electrons. The molecule has 0 bridgehead atoms. The fraction of sp³-hybridized carbons (Fsp3) is 0.895. The molecule has 0 radical (unpaired) electrons. The van der Waals surface area contributed by atoms with Gasteiger partial charge in [-0.05, 0) is 57.8 Å². The fourth-order valence-electron chi connectivity index (χ4n) is 11.7. The van der Waals surface area contributed by atoms with E-state index in [1.54, 1.807) is 6.08 Å². The van der Waals surface area contributed by atoms with Crippen LogP contribution in [-0.2, 0) is 14.3 Å². The van der Waals surface area contributed by atoms with E-state index in [1.165, 1.54) is 334 Å². The zero-order chi connectivity index (χ0) is 59.2. The number of carbonyl (C=O) groups is 2. The van der Waals surface area contributed by atoms with Gasteiger partial charge in [0.25, 0.3) is 0 Å². The minimum Gasteiger partial charge on any atom is -0.466 e. The summed E-state index contributed by atoms with van der Waals surface area (Å²) in [6, 6.07) is -0.626. The summed E-state index contributed by atoms with van der Waals surface area (Å²) in [5.74, 6) is -0.0543. The number of ether oxygens (including phenoxy) is 1. The number of rotatable bonds is 70. The third-order valence-electron chi connectivity index (χ3n) is 17.4. The molecule has 0 heterocycles. The van der Waals surface area contributed by atoms with E-state index in [0.717, 1.165) is 51.4 Å². The van der Waals surface area contributed by atoms with Gasteiger partial charge in [-0.15, -0.1) is 0 Å². The van der Waals surface area contributed by atoms with Crippen LogP contribution in [0.15, 0.2) is 36.5 Å². The molecule has 0 saturated heterocycles. The minimum absolute atomic E-state index is 0.00541. The SMILES string of the molecule is CCC/C=C\C/C=C\CCCCCCCC(=O)OCCCCCCCCCCCCCCCCCCCCCCCCCCCCCCCCCC(=O)NC(CO)C(O)/C=C/CCCCCCCCCCCCCCCCCCCCC. The number of allylic oxidation sites excluding steroid dienone is 5. The first-order valence-corrected chi connectivity index (χ1v) is 37.3. The van der Waals surface area contributed by atoms with Gasteiger partial charge >= 0.3 is 5.97 Å². The topological polar surface area (TPSA) is 95.9 Å². The van der Waals surface area contributed by atoms with E-state index in [0.29, 0.717) is 19.4 Å². The van der Waals surface area contributed by atoms with Crippen molar-refractivity contribution in [2.45, 2.75) is 424 Å². The molecule has 6 nitrogen and oxygen atoms in total. The average Bonchev–Trinajstić information content (AvgIpc) is 3.48. The van der Waals surface area contributed by atoms with Crippen LogP contribution in [0, 0.1) is 0 Å². The van der Waals surface area contributed by atoms with Crippen molar-refractivity contribution in [2.24, 2.45) is 0 Å². The molecule has 0 spiro atoms. The van der Waals surface area contributed by atoms with Crippen LogP contribution < -0.4 is 5.32 Å². The second-order valence-electron chi connectivity index (χ2n) is 25.6. The van der Waals surface area contributed by atoms with E-state index >= 15 is 0 Å². The lowest BCUT2D eigenvalue weighted by molar-refractivity contribution is -0.143. The molecule has 2 unspecified atom stereocenters. The largest absolute Gasteiger partial charge is 0.466 e. The third-order valence-corrected chi connectivity index (χ3v) is 17.4. The lowest BCUT2D eigenvalue weighted by Gasteiger charge is -2.20. The Labute approximate surface area is 513 Å². The van der Waals surface area contributed by atoms with Gasteiger partial charge in [-0.1, -0.05) is 378 Å². The van der Waals surface area contributed by atoms with E-state index in [2.05, 4.69) is 43.5 Å². The number of unbranched alkanes of at least 4 members (excludes halogenated alkanes) is 55. The smallest absolute Gasteiger partial charge is 0.305 e. The molecule has 3 N–H and O–H groups in total. The van der Waals surface area contributed by atoms with Crippen LogP contribution in [0.4, 0.5) is 0 Å². The predicted octanol–water partition coefficient (Wildman–Crippen LogP) is 24.3. The molecular formula is C76H145NO5. The third kappa shape index (κ3) is 67.2. The second kappa shape index (κ2) is 71.6. The number of hydrogen-bond donors (Lipinski definition) is 3. The number of hydrogen-bond acceptors (Lipinski definition) is 5. The van der Waals surface area contributed by atoms with Gasteiger partial charge < -0.3 is 20.3 Å². The van der Waals surface area contributed by atoms with Crippen molar-refractivity contribution in [1.29, 1.82) is 0 Å². The summed E-state index contributed by atoms with van der Waals surface area (Å²) in [6.45, 7) is 4.88. The first-order chi connectivity index (χ1) is 40.5. The molecule has 0 aliphatic carbocycles. The average molecular weight is 1150 g/mol. The van der Waals surface area contributed by atoms with Gasteiger partial charge in [0.05, 0.1) is 25.4 Å². The Kier molecular flexibility index (Phi) is 69.9. The summed E-state index contributed by atoms with van der Waals surface area (Å²) in [4.78, 5) is 24.6. The first-order valence-electron chi connectivity index (χ1n) is 37.3. The molecular weight excluding hydrogens is 1010 g/mol. The molecule has 0 aromatic carbocycles. The monoisotopic (exact) mass is 1150 g/mol. The molecule has 0 aliphatic heterocycles.